The highest BCUT2D eigenvalue weighted by Gasteiger charge is 2.22. The largest absolute Gasteiger partial charge is 0.260 e. The van der Waals surface area contributed by atoms with Gasteiger partial charge in [-0.25, -0.2) is 4.57 Å². The molecule has 3 nitrogen and oxygen atoms in total. The molecule has 2 heterocycles. The van der Waals surface area contributed by atoms with Crippen molar-refractivity contribution in [3.05, 3.63) is 53.6 Å². The van der Waals surface area contributed by atoms with E-state index < -0.39 is 0 Å². The molecule has 0 saturated carbocycles. The fourth-order valence-electron chi connectivity index (χ4n) is 2.77. The first-order chi connectivity index (χ1) is 9.11. The second-order valence-corrected chi connectivity index (χ2v) is 5.05. The van der Waals surface area contributed by atoms with Gasteiger partial charge in [0.25, 0.3) is 5.82 Å². The summed E-state index contributed by atoms with van der Waals surface area (Å²) < 4.78 is 4.51. The first-order valence-corrected chi connectivity index (χ1v) is 6.49. The summed E-state index contributed by atoms with van der Waals surface area (Å²) in [5.74, 6) is 1.21. The summed E-state index contributed by atoms with van der Waals surface area (Å²) in [6.45, 7) is 6.47. The Hall–Kier alpha value is -2.16. The second-order valence-electron chi connectivity index (χ2n) is 5.05. The molecule has 0 N–H and O–H groups in total. The molecule has 0 bridgehead atoms. The zero-order valence-electron chi connectivity index (χ0n) is 11.8. The minimum Gasteiger partial charge on any atom is -0.260 e. The van der Waals surface area contributed by atoms with Gasteiger partial charge in [0.1, 0.15) is 5.69 Å². The standard InChI is InChI=1S/C16H18N3/c1-11-6-5-7-12(2)16(11)19-13(3)18(4)15-10-17-9-8-14(15)19/h5-10H,1-4H3/q+1. The normalized spacial score (nSPS) is 11.2. The summed E-state index contributed by atoms with van der Waals surface area (Å²) in [5, 5.41) is 0. The van der Waals surface area contributed by atoms with Crippen molar-refractivity contribution < 1.29 is 4.57 Å². The van der Waals surface area contributed by atoms with Gasteiger partial charge >= 0.3 is 0 Å². The Labute approximate surface area is 113 Å². The lowest BCUT2D eigenvalue weighted by Crippen LogP contribution is -2.35. The molecule has 3 aromatic rings. The van der Waals surface area contributed by atoms with Crippen LogP contribution in [0.1, 0.15) is 17.0 Å². The first-order valence-electron chi connectivity index (χ1n) is 6.49. The van der Waals surface area contributed by atoms with Gasteiger partial charge in [-0.15, -0.1) is 0 Å². The van der Waals surface area contributed by atoms with Crippen molar-refractivity contribution >= 4 is 11.0 Å². The van der Waals surface area contributed by atoms with E-state index in [0.717, 1.165) is 5.52 Å². The number of hydrogen-bond acceptors (Lipinski definition) is 1. The van der Waals surface area contributed by atoms with E-state index in [9.17, 15) is 0 Å². The third-order valence-corrected chi connectivity index (χ3v) is 3.85. The number of aryl methyl sites for hydroxylation is 3. The molecule has 0 aliphatic heterocycles. The molecule has 2 aromatic heterocycles. The molecule has 19 heavy (non-hydrogen) atoms. The molecular weight excluding hydrogens is 234 g/mol. The molecule has 0 aliphatic rings. The molecule has 0 fully saturated rings. The van der Waals surface area contributed by atoms with E-state index in [1.807, 2.05) is 12.4 Å². The molecule has 0 saturated heterocycles. The topological polar surface area (TPSA) is 21.7 Å². The van der Waals surface area contributed by atoms with Crippen LogP contribution in [0.2, 0.25) is 0 Å². The molecule has 0 amide bonds. The van der Waals surface area contributed by atoms with Crippen molar-refractivity contribution in [1.29, 1.82) is 0 Å². The molecule has 0 atom stereocenters. The number of imidazole rings is 1. The SMILES string of the molecule is Cc1cccc(C)c1-[n+]1c(C)n(C)c2cnccc21. The molecule has 0 unspecified atom stereocenters. The van der Waals surface area contributed by atoms with Crippen molar-refractivity contribution in [2.45, 2.75) is 20.8 Å². The van der Waals surface area contributed by atoms with Gasteiger partial charge < -0.3 is 0 Å². The quantitative estimate of drug-likeness (QED) is 0.610. The highest BCUT2D eigenvalue weighted by Crippen LogP contribution is 2.19. The highest BCUT2D eigenvalue weighted by atomic mass is 15.2. The fraction of sp³-hybridized carbons (Fsp3) is 0.250. The Kier molecular flexibility index (Phi) is 2.63. The fourth-order valence-corrected chi connectivity index (χ4v) is 2.77. The maximum absolute atomic E-state index is 4.23. The number of hydrogen-bond donors (Lipinski definition) is 0. The van der Waals surface area contributed by atoms with Crippen LogP contribution >= 0.6 is 0 Å². The molecule has 3 heteroatoms. The number of pyridine rings is 1. The molecule has 96 valence electrons. The monoisotopic (exact) mass is 252 g/mol. The Bertz CT molecular complexity index is 749. The van der Waals surface area contributed by atoms with E-state index in [2.05, 4.69) is 66.2 Å². The highest BCUT2D eigenvalue weighted by molar-refractivity contribution is 5.71. The van der Waals surface area contributed by atoms with Gasteiger partial charge in [-0.1, -0.05) is 18.2 Å². The summed E-state index contributed by atoms with van der Waals surface area (Å²) in [6, 6.07) is 8.51. The minimum absolute atomic E-state index is 1.16. The number of benzene rings is 1. The summed E-state index contributed by atoms with van der Waals surface area (Å²) in [5.41, 5.74) is 6.21. The van der Waals surface area contributed by atoms with Gasteiger partial charge in [0, 0.05) is 19.2 Å². The van der Waals surface area contributed by atoms with E-state index in [4.69, 9.17) is 0 Å². The predicted octanol–water partition coefficient (Wildman–Crippen LogP) is 2.78. The molecule has 0 radical (unpaired) electrons. The van der Waals surface area contributed by atoms with Crippen molar-refractivity contribution in [3.63, 3.8) is 0 Å². The van der Waals surface area contributed by atoms with Crippen molar-refractivity contribution in [3.8, 4) is 5.69 Å². The van der Waals surface area contributed by atoms with E-state index in [-0.39, 0.29) is 0 Å². The van der Waals surface area contributed by atoms with Crippen molar-refractivity contribution in [2.24, 2.45) is 7.05 Å². The van der Waals surface area contributed by atoms with Crippen LogP contribution in [0.3, 0.4) is 0 Å². The molecule has 3 rings (SSSR count). The van der Waals surface area contributed by atoms with E-state index in [1.54, 1.807) is 0 Å². The Morgan fingerprint density at radius 1 is 1.05 bits per heavy atom. The van der Waals surface area contributed by atoms with Gasteiger partial charge in [0.05, 0.1) is 13.2 Å². The summed E-state index contributed by atoms with van der Waals surface area (Å²) in [7, 11) is 2.09. The number of fused-ring (bicyclic) bond motifs is 1. The molecule has 0 spiro atoms. The van der Waals surface area contributed by atoms with Gasteiger partial charge in [0.2, 0.25) is 0 Å². The first kappa shape index (κ1) is 11.9. The van der Waals surface area contributed by atoms with Crippen LogP contribution in [-0.2, 0) is 7.05 Å². The van der Waals surface area contributed by atoms with Gasteiger partial charge in [-0.3, -0.25) is 4.98 Å². The number of nitrogens with zero attached hydrogens (tertiary/aromatic N) is 3. The van der Waals surface area contributed by atoms with Crippen molar-refractivity contribution in [2.75, 3.05) is 0 Å². The lowest BCUT2D eigenvalue weighted by Gasteiger charge is -2.07. The minimum atomic E-state index is 1.16. The molecular formula is C16H18N3+. The van der Waals surface area contributed by atoms with Crippen LogP contribution in [0, 0.1) is 20.8 Å². The van der Waals surface area contributed by atoms with Crippen LogP contribution < -0.4 is 4.57 Å². The second kappa shape index (κ2) is 4.19. The van der Waals surface area contributed by atoms with E-state index in [0.29, 0.717) is 0 Å². The van der Waals surface area contributed by atoms with E-state index in [1.165, 1.54) is 28.2 Å². The number of rotatable bonds is 1. The third kappa shape index (κ3) is 1.65. The Morgan fingerprint density at radius 2 is 1.74 bits per heavy atom. The predicted molar refractivity (Wildman–Crippen MR) is 76.5 cm³/mol. The summed E-state index contributed by atoms with van der Waals surface area (Å²) in [6.07, 6.45) is 3.78. The summed E-state index contributed by atoms with van der Waals surface area (Å²) in [4.78, 5) is 4.23. The van der Waals surface area contributed by atoms with Gasteiger partial charge in [-0.2, -0.15) is 4.57 Å². The number of aromatic nitrogens is 3. The van der Waals surface area contributed by atoms with Crippen molar-refractivity contribution in [1.82, 2.24) is 9.55 Å². The number of para-hydroxylation sites is 1. The van der Waals surface area contributed by atoms with Crippen LogP contribution in [-0.4, -0.2) is 9.55 Å². The van der Waals surface area contributed by atoms with Crippen LogP contribution in [0.4, 0.5) is 0 Å². The van der Waals surface area contributed by atoms with Crippen LogP contribution in [0.15, 0.2) is 36.7 Å². The lowest BCUT2D eigenvalue weighted by atomic mass is 10.1. The average molecular weight is 252 g/mol. The van der Waals surface area contributed by atoms with Gasteiger partial charge in [-0.05, 0) is 25.0 Å². The Balaban J connectivity index is 2.47. The molecule has 0 aliphatic carbocycles. The third-order valence-electron chi connectivity index (χ3n) is 3.85. The molecule has 1 aromatic carbocycles. The van der Waals surface area contributed by atoms with Crippen LogP contribution in [0.25, 0.3) is 16.7 Å². The average Bonchev–Trinajstić information content (AvgIpc) is 2.64. The maximum Gasteiger partial charge on any atom is 0.259 e. The Morgan fingerprint density at radius 3 is 2.42 bits per heavy atom. The van der Waals surface area contributed by atoms with E-state index >= 15 is 0 Å². The lowest BCUT2D eigenvalue weighted by molar-refractivity contribution is -0.576. The zero-order valence-corrected chi connectivity index (χ0v) is 11.8. The zero-order chi connectivity index (χ0) is 13.6. The van der Waals surface area contributed by atoms with Gasteiger partial charge in [0.15, 0.2) is 11.0 Å². The summed E-state index contributed by atoms with van der Waals surface area (Å²) >= 11 is 0. The smallest absolute Gasteiger partial charge is 0.259 e. The maximum atomic E-state index is 4.23. The van der Waals surface area contributed by atoms with Crippen LogP contribution in [0.5, 0.6) is 0 Å².